The minimum Gasteiger partial charge on any atom is -0.476 e. The van der Waals surface area contributed by atoms with Crippen LogP contribution in [0.4, 0.5) is 0 Å². The average molecular weight is 414 g/mol. The summed E-state index contributed by atoms with van der Waals surface area (Å²) in [6.07, 6.45) is 6.55. The number of nitrogens with zero attached hydrogens (tertiary/aromatic N) is 2. The lowest BCUT2D eigenvalue weighted by Crippen LogP contribution is -2.42. The maximum absolute atomic E-state index is 12.2. The van der Waals surface area contributed by atoms with Crippen molar-refractivity contribution in [2.24, 2.45) is 5.92 Å². The van der Waals surface area contributed by atoms with Crippen LogP contribution in [0.25, 0.3) is 0 Å². The summed E-state index contributed by atoms with van der Waals surface area (Å²) in [5.74, 6) is 0.691. The molecule has 0 spiro atoms. The first-order chi connectivity index (χ1) is 13.0. The number of likely N-dealkylation sites (tertiary alicyclic amines) is 1. The van der Waals surface area contributed by atoms with Crippen LogP contribution in [-0.2, 0) is 4.79 Å². The van der Waals surface area contributed by atoms with E-state index in [2.05, 4.69) is 24.1 Å². The zero-order chi connectivity index (χ0) is 19.6. The first kappa shape index (κ1) is 22.2. The standard InChI is InChI=1S/C19H31N3O3S2/c1-3-5-6-14(4-2)11-20-12-15-7-8-17(23)22(15)9-10-26-19-21-16(13-27-19)18(24)25/h13-15,20H,3-12H2,1-2H3,(H,24,25). The van der Waals surface area contributed by atoms with Crippen LogP contribution >= 0.6 is 23.1 Å². The number of hydrogen-bond acceptors (Lipinski definition) is 6. The monoisotopic (exact) mass is 413 g/mol. The van der Waals surface area contributed by atoms with Crippen molar-refractivity contribution in [1.29, 1.82) is 0 Å². The SMILES string of the molecule is CCCCC(CC)CNCC1CCC(=O)N1CCSc1nc(C(=O)O)cs1. The van der Waals surface area contributed by atoms with Gasteiger partial charge in [-0.2, -0.15) is 0 Å². The number of thioether (sulfide) groups is 1. The second kappa shape index (κ2) is 11.7. The molecule has 2 unspecified atom stereocenters. The molecule has 1 aromatic rings. The van der Waals surface area contributed by atoms with Gasteiger partial charge in [0, 0.05) is 36.7 Å². The summed E-state index contributed by atoms with van der Waals surface area (Å²) in [6, 6.07) is 0.271. The maximum Gasteiger partial charge on any atom is 0.355 e. The van der Waals surface area contributed by atoms with E-state index in [1.807, 2.05) is 4.90 Å². The molecular weight excluding hydrogens is 382 g/mol. The number of rotatable bonds is 13. The van der Waals surface area contributed by atoms with Crippen molar-refractivity contribution >= 4 is 35.0 Å². The highest BCUT2D eigenvalue weighted by Crippen LogP contribution is 2.25. The van der Waals surface area contributed by atoms with Crippen molar-refractivity contribution in [2.75, 3.05) is 25.4 Å². The molecule has 27 heavy (non-hydrogen) atoms. The Morgan fingerprint density at radius 3 is 3.00 bits per heavy atom. The Labute approximate surface area is 170 Å². The molecule has 1 aliphatic rings. The molecule has 2 heterocycles. The number of carboxylic acid groups (broad SMARTS) is 1. The molecule has 0 saturated carbocycles. The van der Waals surface area contributed by atoms with E-state index in [1.54, 1.807) is 5.38 Å². The fourth-order valence-electron chi connectivity index (χ4n) is 3.36. The van der Waals surface area contributed by atoms with Crippen LogP contribution in [0.5, 0.6) is 0 Å². The molecule has 2 rings (SSSR count). The highest BCUT2D eigenvalue weighted by atomic mass is 32.2. The van der Waals surface area contributed by atoms with Gasteiger partial charge in [-0.3, -0.25) is 4.79 Å². The van der Waals surface area contributed by atoms with Gasteiger partial charge in [-0.25, -0.2) is 9.78 Å². The van der Waals surface area contributed by atoms with E-state index < -0.39 is 5.97 Å². The van der Waals surface area contributed by atoms with E-state index in [9.17, 15) is 9.59 Å². The van der Waals surface area contributed by atoms with Crippen LogP contribution < -0.4 is 5.32 Å². The molecule has 1 saturated heterocycles. The van der Waals surface area contributed by atoms with Gasteiger partial charge >= 0.3 is 5.97 Å². The quantitative estimate of drug-likeness (QED) is 0.480. The number of aromatic nitrogens is 1. The fourth-order valence-corrected chi connectivity index (χ4v) is 5.17. The Balaban J connectivity index is 1.73. The summed E-state index contributed by atoms with van der Waals surface area (Å²) in [4.78, 5) is 29.2. The summed E-state index contributed by atoms with van der Waals surface area (Å²) in [7, 11) is 0. The second-order valence-electron chi connectivity index (χ2n) is 7.01. The van der Waals surface area contributed by atoms with E-state index in [4.69, 9.17) is 5.11 Å². The highest BCUT2D eigenvalue weighted by Gasteiger charge is 2.30. The molecule has 1 amide bonds. The maximum atomic E-state index is 12.2. The van der Waals surface area contributed by atoms with Gasteiger partial charge in [0.15, 0.2) is 10.0 Å². The smallest absolute Gasteiger partial charge is 0.355 e. The summed E-state index contributed by atoms with van der Waals surface area (Å²) in [5.41, 5.74) is 0.0929. The Kier molecular flexibility index (Phi) is 9.58. The van der Waals surface area contributed by atoms with Crippen molar-refractivity contribution < 1.29 is 14.7 Å². The molecule has 0 aliphatic carbocycles. The first-order valence-electron chi connectivity index (χ1n) is 9.86. The Morgan fingerprint density at radius 1 is 1.52 bits per heavy atom. The van der Waals surface area contributed by atoms with Crippen molar-refractivity contribution in [3.8, 4) is 0 Å². The van der Waals surface area contributed by atoms with E-state index in [-0.39, 0.29) is 17.6 Å². The molecule has 8 heteroatoms. The van der Waals surface area contributed by atoms with Crippen molar-refractivity contribution in [2.45, 2.75) is 62.8 Å². The molecule has 0 bridgehead atoms. The number of thiazole rings is 1. The predicted octanol–water partition coefficient (Wildman–Crippen LogP) is 3.73. The zero-order valence-corrected chi connectivity index (χ0v) is 17.9. The number of carbonyl (C=O) groups excluding carboxylic acids is 1. The Bertz CT molecular complexity index is 609. The van der Waals surface area contributed by atoms with E-state index in [1.165, 1.54) is 48.8 Å². The topological polar surface area (TPSA) is 82.5 Å². The summed E-state index contributed by atoms with van der Waals surface area (Å²) in [5, 5.41) is 14.1. The lowest BCUT2D eigenvalue weighted by Gasteiger charge is -2.26. The van der Waals surface area contributed by atoms with Crippen LogP contribution in [0, 0.1) is 5.92 Å². The normalized spacial score (nSPS) is 18.2. The van der Waals surface area contributed by atoms with Gasteiger partial charge in [0.25, 0.3) is 0 Å². The van der Waals surface area contributed by atoms with Gasteiger partial charge in [0.1, 0.15) is 0 Å². The summed E-state index contributed by atoms with van der Waals surface area (Å²) < 4.78 is 0.746. The number of aromatic carboxylic acids is 1. The van der Waals surface area contributed by atoms with Crippen LogP contribution in [0.3, 0.4) is 0 Å². The molecule has 2 N–H and O–H groups in total. The van der Waals surface area contributed by atoms with E-state index >= 15 is 0 Å². The average Bonchev–Trinajstić information content (AvgIpc) is 3.26. The number of carboxylic acids is 1. The van der Waals surface area contributed by atoms with E-state index in [0.717, 1.165) is 35.5 Å². The molecule has 0 aromatic carbocycles. The Morgan fingerprint density at radius 2 is 2.33 bits per heavy atom. The van der Waals surface area contributed by atoms with Crippen LogP contribution in [-0.4, -0.2) is 58.3 Å². The first-order valence-corrected chi connectivity index (χ1v) is 11.7. The van der Waals surface area contributed by atoms with E-state index in [0.29, 0.717) is 13.0 Å². The fraction of sp³-hybridized carbons (Fsp3) is 0.737. The number of carbonyl (C=O) groups is 2. The van der Waals surface area contributed by atoms with Gasteiger partial charge in [0.05, 0.1) is 0 Å². The summed E-state index contributed by atoms with van der Waals surface area (Å²) in [6.45, 7) is 7.05. The third-order valence-electron chi connectivity index (χ3n) is 5.07. The largest absolute Gasteiger partial charge is 0.476 e. The zero-order valence-electron chi connectivity index (χ0n) is 16.3. The second-order valence-corrected chi connectivity index (χ2v) is 9.21. The lowest BCUT2D eigenvalue weighted by molar-refractivity contribution is -0.128. The third kappa shape index (κ3) is 7.08. The van der Waals surface area contributed by atoms with Crippen molar-refractivity contribution in [3.63, 3.8) is 0 Å². The molecular formula is C19H31N3O3S2. The van der Waals surface area contributed by atoms with Crippen LogP contribution in [0.2, 0.25) is 0 Å². The highest BCUT2D eigenvalue weighted by molar-refractivity contribution is 8.01. The molecule has 1 fully saturated rings. The number of hydrogen-bond donors (Lipinski definition) is 2. The van der Waals surface area contributed by atoms with Crippen molar-refractivity contribution in [1.82, 2.24) is 15.2 Å². The lowest BCUT2D eigenvalue weighted by atomic mass is 9.99. The Hall–Kier alpha value is -1.12. The van der Waals surface area contributed by atoms with Crippen LogP contribution in [0.1, 0.15) is 62.9 Å². The third-order valence-corrected chi connectivity index (χ3v) is 7.07. The van der Waals surface area contributed by atoms with Crippen molar-refractivity contribution in [3.05, 3.63) is 11.1 Å². The minimum atomic E-state index is -0.997. The summed E-state index contributed by atoms with van der Waals surface area (Å²) >= 11 is 2.86. The van der Waals surface area contributed by atoms with Gasteiger partial charge < -0.3 is 15.3 Å². The predicted molar refractivity (Wildman–Crippen MR) is 111 cm³/mol. The minimum absolute atomic E-state index is 0.0929. The molecule has 0 radical (unpaired) electrons. The van der Waals surface area contributed by atoms with Crippen LogP contribution in [0.15, 0.2) is 9.72 Å². The number of amides is 1. The molecule has 2 atom stereocenters. The molecule has 1 aromatic heterocycles. The molecule has 6 nitrogen and oxygen atoms in total. The van der Waals surface area contributed by atoms with Gasteiger partial charge in [0.2, 0.25) is 5.91 Å². The molecule has 1 aliphatic heterocycles. The van der Waals surface area contributed by atoms with Gasteiger partial charge in [-0.1, -0.05) is 44.9 Å². The molecule has 152 valence electrons. The van der Waals surface area contributed by atoms with Gasteiger partial charge in [-0.05, 0) is 25.3 Å². The van der Waals surface area contributed by atoms with Gasteiger partial charge in [-0.15, -0.1) is 11.3 Å². The number of unbranched alkanes of at least 4 members (excludes halogenated alkanes) is 1. The number of nitrogens with one attached hydrogen (secondary N) is 1.